The van der Waals surface area contributed by atoms with Crippen molar-refractivity contribution in [2.24, 2.45) is 11.7 Å². The number of thioether (sulfide) groups is 1. The van der Waals surface area contributed by atoms with E-state index in [1.54, 1.807) is 26.0 Å². The number of rotatable bonds is 9. The standard InChI is InChI=1S/C16H24N2O3S/c1-20-14-6-5-12(9-15(14)21-2)22-8-7-16(19)18-10-13(17)11-3-4-11/h5-6,9,11,13H,3-4,7-8,10,17H2,1-2H3,(H,18,19). The number of hydrogen-bond donors (Lipinski definition) is 2. The van der Waals surface area contributed by atoms with Crippen LogP contribution in [-0.2, 0) is 4.79 Å². The minimum Gasteiger partial charge on any atom is -0.493 e. The Kier molecular flexibility index (Phi) is 6.39. The van der Waals surface area contributed by atoms with Crippen LogP contribution in [-0.4, -0.2) is 38.5 Å². The van der Waals surface area contributed by atoms with Gasteiger partial charge < -0.3 is 20.5 Å². The van der Waals surface area contributed by atoms with Gasteiger partial charge in [0.2, 0.25) is 5.91 Å². The molecular formula is C16H24N2O3S. The third-order valence-corrected chi connectivity index (χ3v) is 4.71. The van der Waals surface area contributed by atoms with Crippen molar-refractivity contribution in [3.8, 4) is 11.5 Å². The summed E-state index contributed by atoms with van der Waals surface area (Å²) in [7, 11) is 3.23. The van der Waals surface area contributed by atoms with E-state index in [4.69, 9.17) is 15.2 Å². The number of carbonyl (C=O) groups is 1. The predicted molar refractivity (Wildman–Crippen MR) is 88.6 cm³/mol. The highest BCUT2D eigenvalue weighted by molar-refractivity contribution is 7.99. The SMILES string of the molecule is COc1ccc(SCCC(=O)NCC(N)C2CC2)cc1OC. The Hall–Kier alpha value is -1.40. The zero-order chi connectivity index (χ0) is 15.9. The number of nitrogens with one attached hydrogen (secondary N) is 1. The molecule has 122 valence electrons. The summed E-state index contributed by atoms with van der Waals surface area (Å²) in [5.41, 5.74) is 5.96. The van der Waals surface area contributed by atoms with E-state index in [1.165, 1.54) is 12.8 Å². The zero-order valence-corrected chi connectivity index (χ0v) is 13.9. The molecule has 2 rings (SSSR count). The molecule has 1 aliphatic rings. The molecule has 1 atom stereocenters. The Morgan fingerprint density at radius 3 is 2.73 bits per heavy atom. The van der Waals surface area contributed by atoms with E-state index in [0.717, 1.165) is 10.6 Å². The molecule has 1 unspecified atom stereocenters. The molecule has 0 bridgehead atoms. The van der Waals surface area contributed by atoms with Crippen molar-refractivity contribution < 1.29 is 14.3 Å². The van der Waals surface area contributed by atoms with E-state index in [-0.39, 0.29) is 11.9 Å². The maximum atomic E-state index is 11.8. The maximum Gasteiger partial charge on any atom is 0.220 e. The van der Waals surface area contributed by atoms with Crippen LogP contribution in [0.3, 0.4) is 0 Å². The Labute approximate surface area is 135 Å². The molecule has 22 heavy (non-hydrogen) atoms. The first kappa shape index (κ1) is 17.0. The summed E-state index contributed by atoms with van der Waals surface area (Å²) in [6.45, 7) is 0.588. The van der Waals surface area contributed by atoms with Gasteiger partial charge in [0.05, 0.1) is 14.2 Å². The number of ether oxygens (including phenoxy) is 2. The highest BCUT2D eigenvalue weighted by Crippen LogP contribution is 2.32. The predicted octanol–water partition coefficient (Wildman–Crippen LogP) is 2.04. The smallest absolute Gasteiger partial charge is 0.220 e. The monoisotopic (exact) mass is 324 g/mol. The third kappa shape index (κ3) is 5.10. The van der Waals surface area contributed by atoms with Gasteiger partial charge in [-0.3, -0.25) is 4.79 Å². The lowest BCUT2D eigenvalue weighted by Gasteiger charge is -2.12. The van der Waals surface area contributed by atoms with Crippen LogP contribution in [0.1, 0.15) is 19.3 Å². The van der Waals surface area contributed by atoms with Gasteiger partial charge in [-0.05, 0) is 37.0 Å². The van der Waals surface area contributed by atoms with E-state index < -0.39 is 0 Å². The third-order valence-electron chi connectivity index (χ3n) is 3.72. The van der Waals surface area contributed by atoms with E-state index in [0.29, 0.717) is 30.4 Å². The lowest BCUT2D eigenvalue weighted by molar-refractivity contribution is -0.120. The molecule has 1 aromatic rings. The van der Waals surface area contributed by atoms with Crippen LogP contribution in [0.15, 0.2) is 23.1 Å². The van der Waals surface area contributed by atoms with Crippen molar-refractivity contribution in [1.82, 2.24) is 5.32 Å². The van der Waals surface area contributed by atoms with Gasteiger partial charge in [0, 0.05) is 29.7 Å². The molecule has 0 aromatic heterocycles. The van der Waals surface area contributed by atoms with Crippen molar-refractivity contribution in [2.75, 3.05) is 26.5 Å². The average Bonchev–Trinajstić information content (AvgIpc) is 3.37. The van der Waals surface area contributed by atoms with Gasteiger partial charge >= 0.3 is 0 Å². The Bertz CT molecular complexity index is 506. The summed E-state index contributed by atoms with van der Waals surface area (Å²) >= 11 is 1.62. The molecule has 1 saturated carbocycles. The van der Waals surface area contributed by atoms with E-state index in [1.807, 2.05) is 18.2 Å². The summed E-state index contributed by atoms with van der Waals surface area (Å²) in [4.78, 5) is 12.8. The molecule has 5 nitrogen and oxygen atoms in total. The van der Waals surface area contributed by atoms with Gasteiger partial charge in [-0.2, -0.15) is 0 Å². The minimum atomic E-state index is 0.0593. The quantitative estimate of drug-likeness (QED) is 0.680. The highest BCUT2D eigenvalue weighted by Gasteiger charge is 2.28. The minimum absolute atomic E-state index is 0.0593. The van der Waals surface area contributed by atoms with Crippen LogP contribution in [0.5, 0.6) is 11.5 Å². The second-order valence-electron chi connectivity index (χ2n) is 5.42. The second kappa shape index (κ2) is 8.29. The highest BCUT2D eigenvalue weighted by atomic mass is 32.2. The van der Waals surface area contributed by atoms with Crippen molar-refractivity contribution in [3.63, 3.8) is 0 Å². The Morgan fingerprint density at radius 1 is 1.36 bits per heavy atom. The molecule has 3 N–H and O–H groups in total. The first-order valence-electron chi connectivity index (χ1n) is 7.51. The summed E-state index contributed by atoms with van der Waals surface area (Å²) in [5.74, 6) is 2.80. The summed E-state index contributed by atoms with van der Waals surface area (Å²) in [5, 5.41) is 2.91. The molecule has 6 heteroatoms. The molecule has 1 amide bonds. The topological polar surface area (TPSA) is 73.6 Å². The number of nitrogens with two attached hydrogens (primary N) is 1. The van der Waals surface area contributed by atoms with Gasteiger partial charge in [0.25, 0.3) is 0 Å². The van der Waals surface area contributed by atoms with Crippen molar-refractivity contribution in [3.05, 3.63) is 18.2 Å². The number of hydrogen-bond acceptors (Lipinski definition) is 5. The van der Waals surface area contributed by atoms with Crippen molar-refractivity contribution in [2.45, 2.75) is 30.2 Å². The Balaban J connectivity index is 1.70. The van der Waals surface area contributed by atoms with Crippen LogP contribution in [0.2, 0.25) is 0 Å². The van der Waals surface area contributed by atoms with Crippen LogP contribution < -0.4 is 20.5 Å². The van der Waals surface area contributed by atoms with Gasteiger partial charge in [-0.15, -0.1) is 11.8 Å². The van der Waals surface area contributed by atoms with Crippen LogP contribution in [0.25, 0.3) is 0 Å². The fraction of sp³-hybridized carbons (Fsp3) is 0.562. The number of carbonyl (C=O) groups excluding carboxylic acids is 1. The maximum absolute atomic E-state index is 11.8. The molecule has 0 radical (unpaired) electrons. The van der Waals surface area contributed by atoms with Gasteiger partial charge in [0.15, 0.2) is 11.5 Å². The normalized spacial score (nSPS) is 15.2. The first-order valence-corrected chi connectivity index (χ1v) is 8.49. The molecule has 1 fully saturated rings. The van der Waals surface area contributed by atoms with Crippen molar-refractivity contribution in [1.29, 1.82) is 0 Å². The van der Waals surface area contributed by atoms with E-state index in [2.05, 4.69) is 5.32 Å². The molecule has 0 saturated heterocycles. The molecule has 0 aliphatic heterocycles. The first-order chi connectivity index (χ1) is 10.6. The van der Waals surface area contributed by atoms with Gasteiger partial charge in [-0.25, -0.2) is 0 Å². The van der Waals surface area contributed by atoms with Gasteiger partial charge in [-0.1, -0.05) is 0 Å². The number of methoxy groups -OCH3 is 2. The van der Waals surface area contributed by atoms with Crippen LogP contribution in [0.4, 0.5) is 0 Å². The number of amides is 1. The fourth-order valence-electron chi connectivity index (χ4n) is 2.18. The lowest BCUT2D eigenvalue weighted by Crippen LogP contribution is -2.38. The average molecular weight is 324 g/mol. The zero-order valence-electron chi connectivity index (χ0n) is 13.1. The summed E-state index contributed by atoms with van der Waals surface area (Å²) in [6, 6.07) is 5.87. The molecule has 0 heterocycles. The lowest BCUT2D eigenvalue weighted by atomic mass is 10.2. The largest absolute Gasteiger partial charge is 0.493 e. The molecule has 1 aliphatic carbocycles. The molecule has 0 spiro atoms. The van der Waals surface area contributed by atoms with Crippen molar-refractivity contribution >= 4 is 17.7 Å². The Morgan fingerprint density at radius 2 is 2.09 bits per heavy atom. The van der Waals surface area contributed by atoms with Crippen LogP contribution in [0, 0.1) is 5.92 Å². The molecule has 1 aromatic carbocycles. The van der Waals surface area contributed by atoms with E-state index in [9.17, 15) is 4.79 Å². The number of benzene rings is 1. The summed E-state index contributed by atoms with van der Waals surface area (Å²) < 4.78 is 10.5. The van der Waals surface area contributed by atoms with E-state index >= 15 is 0 Å². The fourth-order valence-corrected chi connectivity index (χ4v) is 3.06. The van der Waals surface area contributed by atoms with Gasteiger partial charge in [0.1, 0.15) is 0 Å². The summed E-state index contributed by atoms with van der Waals surface area (Å²) in [6.07, 6.45) is 2.88. The second-order valence-corrected chi connectivity index (χ2v) is 6.59. The molecular weight excluding hydrogens is 300 g/mol. The van der Waals surface area contributed by atoms with Crippen LogP contribution >= 0.6 is 11.8 Å².